The van der Waals surface area contributed by atoms with E-state index in [0.717, 1.165) is 0 Å². The SMILES string of the molecule is CCN(CC)C(=O)c1ccc(NC(=O)COC(=O)[C@@H](O)c2ccccc2)cc1. The van der Waals surface area contributed by atoms with Crippen molar-refractivity contribution in [2.45, 2.75) is 20.0 Å². The van der Waals surface area contributed by atoms with Crippen molar-refractivity contribution in [3.63, 3.8) is 0 Å². The average Bonchev–Trinajstić information content (AvgIpc) is 2.73. The monoisotopic (exact) mass is 384 g/mol. The lowest BCUT2D eigenvalue weighted by Crippen LogP contribution is -2.30. The highest BCUT2D eigenvalue weighted by Crippen LogP contribution is 2.14. The third-order valence-corrected chi connectivity index (χ3v) is 4.15. The third kappa shape index (κ3) is 5.65. The maximum absolute atomic E-state index is 12.3. The number of aliphatic hydroxyl groups is 1. The molecule has 0 bridgehead atoms. The molecule has 0 radical (unpaired) electrons. The number of amides is 2. The molecule has 0 saturated heterocycles. The summed E-state index contributed by atoms with van der Waals surface area (Å²) in [6, 6.07) is 14.8. The smallest absolute Gasteiger partial charge is 0.340 e. The number of anilines is 1. The standard InChI is InChI=1S/C21H24N2O5/c1-3-23(4-2)20(26)16-10-12-17(13-11-16)22-18(24)14-28-21(27)19(25)15-8-6-5-7-9-15/h5-13,19,25H,3-4,14H2,1-2H3,(H,22,24)/t19-/m0/s1. The number of carbonyl (C=O) groups is 3. The second kappa shape index (κ2) is 10.2. The van der Waals surface area contributed by atoms with Gasteiger partial charge in [-0.3, -0.25) is 9.59 Å². The van der Waals surface area contributed by atoms with Crippen LogP contribution >= 0.6 is 0 Å². The number of benzene rings is 2. The van der Waals surface area contributed by atoms with E-state index in [-0.39, 0.29) is 5.91 Å². The molecular formula is C21H24N2O5. The quantitative estimate of drug-likeness (QED) is 0.682. The van der Waals surface area contributed by atoms with Gasteiger partial charge in [0, 0.05) is 24.3 Å². The Kier molecular flexibility index (Phi) is 7.71. The molecule has 0 aromatic heterocycles. The molecule has 2 amide bonds. The minimum atomic E-state index is -1.45. The van der Waals surface area contributed by atoms with Gasteiger partial charge in [0.05, 0.1) is 0 Å². The Hall–Kier alpha value is -3.19. The van der Waals surface area contributed by atoms with Crippen LogP contribution in [0.4, 0.5) is 5.69 Å². The Labute approximate surface area is 163 Å². The van der Waals surface area contributed by atoms with Crippen molar-refractivity contribution in [1.29, 1.82) is 0 Å². The predicted octanol–water partition coefficient (Wildman–Crippen LogP) is 2.38. The molecule has 2 rings (SSSR count). The Morgan fingerprint density at radius 3 is 2.18 bits per heavy atom. The maximum Gasteiger partial charge on any atom is 0.340 e. The number of esters is 1. The molecule has 148 valence electrons. The fraction of sp³-hybridized carbons (Fsp3) is 0.286. The zero-order valence-corrected chi connectivity index (χ0v) is 15.9. The molecule has 0 unspecified atom stereocenters. The highest BCUT2D eigenvalue weighted by Gasteiger charge is 2.20. The number of carbonyl (C=O) groups excluding carboxylic acids is 3. The average molecular weight is 384 g/mol. The van der Waals surface area contributed by atoms with E-state index in [9.17, 15) is 19.5 Å². The van der Waals surface area contributed by atoms with Crippen LogP contribution in [0.25, 0.3) is 0 Å². The molecular weight excluding hydrogens is 360 g/mol. The first-order valence-corrected chi connectivity index (χ1v) is 9.05. The largest absolute Gasteiger partial charge is 0.453 e. The number of rotatable bonds is 8. The van der Waals surface area contributed by atoms with Gasteiger partial charge >= 0.3 is 5.97 Å². The van der Waals surface area contributed by atoms with E-state index in [2.05, 4.69) is 5.32 Å². The molecule has 2 N–H and O–H groups in total. The van der Waals surface area contributed by atoms with Crippen LogP contribution in [-0.2, 0) is 14.3 Å². The first-order chi connectivity index (χ1) is 13.5. The number of hydrogen-bond acceptors (Lipinski definition) is 5. The van der Waals surface area contributed by atoms with Crippen LogP contribution in [0.3, 0.4) is 0 Å². The molecule has 0 aliphatic rings. The van der Waals surface area contributed by atoms with E-state index in [1.165, 1.54) is 0 Å². The lowest BCUT2D eigenvalue weighted by Gasteiger charge is -2.18. The Bertz CT molecular complexity index is 801. The summed E-state index contributed by atoms with van der Waals surface area (Å²) in [5, 5.41) is 12.5. The fourth-order valence-corrected chi connectivity index (χ4v) is 2.57. The first-order valence-electron chi connectivity index (χ1n) is 9.05. The van der Waals surface area contributed by atoms with Crippen LogP contribution in [0.5, 0.6) is 0 Å². The van der Waals surface area contributed by atoms with Crippen molar-refractivity contribution in [1.82, 2.24) is 4.90 Å². The van der Waals surface area contributed by atoms with Gasteiger partial charge in [-0.1, -0.05) is 30.3 Å². The number of aliphatic hydroxyl groups excluding tert-OH is 1. The second-order valence-corrected chi connectivity index (χ2v) is 6.02. The van der Waals surface area contributed by atoms with Crippen molar-refractivity contribution < 1.29 is 24.2 Å². The van der Waals surface area contributed by atoms with Crippen LogP contribution in [0.2, 0.25) is 0 Å². The van der Waals surface area contributed by atoms with Gasteiger partial charge in [-0.15, -0.1) is 0 Å². The van der Waals surface area contributed by atoms with Crippen LogP contribution < -0.4 is 5.32 Å². The van der Waals surface area contributed by atoms with Gasteiger partial charge in [0.1, 0.15) is 0 Å². The summed E-state index contributed by atoms with van der Waals surface area (Å²) >= 11 is 0. The second-order valence-electron chi connectivity index (χ2n) is 6.02. The summed E-state index contributed by atoms with van der Waals surface area (Å²) in [5.74, 6) is -1.52. The molecule has 7 nitrogen and oxygen atoms in total. The van der Waals surface area contributed by atoms with E-state index in [0.29, 0.717) is 29.9 Å². The van der Waals surface area contributed by atoms with Crippen molar-refractivity contribution in [2.75, 3.05) is 25.0 Å². The maximum atomic E-state index is 12.3. The molecule has 7 heteroatoms. The van der Waals surface area contributed by atoms with Crippen LogP contribution in [-0.4, -0.2) is 47.5 Å². The lowest BCUT2D eigenvalue weighted by atomic mass is 10.1. The molecule has 0 fully saturated rings. The molecule has 0 heterocycles. The van der Waals surface area contributed by atoms with Gasteiger partial charge in [0.15, 0.2) is 12.7 Å². The topological polar surface area (TPSA) is 95.9 Å². The van der Waals surface area contributed by atoms with E-state index in [4.69, 9.17) is 4.74 Å². The normalized spacial score (nSPS) is 11.4. The van der Waals surface area contributed by atoms with Crippen molar-refractivity contribution in [3.05, 3.63) is 65.7 Å². The summed E-state index contributed by atoms with van der Waals surface area (Å²) in [7, 11) is 0. The number of nitrogens with one attached hydrogen (secondary N) is 1. The molecule has 0 spiro atoms. The zero-order chi connectivity index (χ0) is 20.5. The first kappa shape index (κ1) is 21.1. The number of ether oxygens (including phenoxy) is 1. The molecule has 0 aliphatic carbocycles. The number of hydrogen-bond donors (Lipinski definition) is 2. The molecule has 1 atom stereocenters. The summed E-state index contributed by atoms with van der Waals surface area (Å²) < 4.78 is 4.85. The van der Waals surface area contributed by atoms with Crippen molar-refractivity contribution in [3.8, 4) is 0 Å². The number of nitrogens with zero attached hydrogens (tertiary/aromatic N) is 1. The van der Waals surface area contributed by atoms with E-state index in [1.807, 2.05) is 13.8 Å². The summed E-state index contributed by atoms with van der Waals surface area (Å²) in [6.45, 7) is 4.53. The van der Waals surface area contributed by atoms with Crippen LogP contribution in [0.1, 0.15) is 35.9 Å². The molecule has 2 aromatic rings. The minimum Gasteiger partial charge on any atom is -0.453 e. The van der Waals surface area contributed by atoms with Gasteiger partial charge in [0.2, 0.25) is 0 Å². The molecule has 2 aromatic carbocycles. The van der Waals surface area contributed by atoms with Crippen LogP contribution in [0.15, 0.2) is 54.6 Å². The van der Waals surface area contributed by atoms with Gasteiger partial charge in [-0.25, -0.2) is 4.79 Å². The van der Waals surface area contributed by atoms with Gasteiger partial charge in [0.25, 0.3) is 11.8 Å². The van der Waals surface area contributed by atoms with E-state index in [1.54, 1.807) is 59.5 Å². The predicted molar refractivity (Wildman–Crippen MR) is 105 cm³/mol. The van der Waals surface area contributed by atoms with Gasteiger partial charge < -0.3 is 20.1 Å². The van der Waals surface area contributed by atoms with Crippen molar-refractivity contribution >= 4 is 23.5 Å². The third-order valence-electron chi connectivity index (χ3n) is 4.15. The lowest BCUT2D eigenvalue weighted by molar-refractivity contribution is -0.156. The highest BCUT2D eigenvalue weighted by atomic mass is 16.5. The van der Waals surface area contributed by atoms with E-state index >= 15 is 0 Å². The summed E-state index contributed by atoms with van der Waals surface area (Å²) in [4.78, 5) is 37.8. The summed E-state index contributed by atoms with van der Waals surface area (Å²) in [5.41, 5.74) is 1.39. The van der Waals surface area contributed by atoms with Crippen molar-refractivity contribution in [2.24, 2.45) is 0 Å². The summed E-state index contributed by atoms with van der Waals surface area (Å²) in [6.07, 6.45) is -1.45. The van der Waals surface area contributed by atoms with Gasteiger partial charge in [-0.05, 0) is 43.7 Å². The minimum absolute atomic E-state index is 0.0771. The molecule has 0 aliphatic heterocycles. The highest BCUT2D eigenvalue weighted by molar-refractivity contribution is 5.96. The molecule has 0 saturated carbocycles. The Morgan fingerprint density at radius 2 is 1.61 bits per heavy atom. The van der Waals surface area contributed by atoms with Crippen LogP contribution in [0, 0.1) is 0 Å². The molecule has 28 heavy (non-hydrogen) atoms. The zero-order valence-electron chi connectivity index (χ0n) is 15.9. The van der Waals surface area contributed by atoms with E-state index < -0.39 is 24.6 Å². The Balaban J connectivity index is 1.86. The fourth-order valence-electron chi connectivity index (χ4n) is 2.57. The van der Waals surface area contributed by atoms with Gasteiger partial charge in [-0.2, -0.15) is 0 Å². The Morgan fingerprint density at radius 1 is 1.00 bits per heavy atom.